The second kappa shape index (κ2) is 8.26. The molecule has 0 aliphatic rings. The molecule has 5 heteroatoms. The average Bonchev–Trinajstić information content (AvgIpc) is 2.39. The van der Waals surface area contributed by atoms with Gasteiger partial charge in [0.2, 0.25) is 5.91 Å². The molecular weight excluding hydrogens is 246 g/mol. The van der Waals surface area contributed by atoms with Crippen LogP contribution in [0, 0.1) is 0 Å². The fourth-order valence-electron chi connectivity index (χ4n) is 1.66. The normalized spacial score (nSPS) is 11.8. The van der Waals surface area contributed by atoms with Crippen molar-refractivity contribution in [2.45, 2.75) is 25.8 Å². The number of hydrogen-bond donors (Lipinski definition) is 2. The Morgan fingerprint density at radius 3 is 2.58 bits per heavy atom. The van der Waals surface area contributed by atoms with Gasteiger partial charge >= 0.3 is 5.97 Å². The van der Waals surface area contributed by atoms with E-state index in [9.17, 15) is 9.59 Å². The van der Waals surface area contributed by atoms with Crippen molar-refractivity contribution in [1.82, 2.24) is 5.32 Å². The molecule has 1 aromatic carbocycles. The van der Waals surface area contributed by atoms with Gasteiger partial charge in [0.15, 0.2) is 0 Å². The quantitative estimate of drug-likeness (QED) is 0.702. The van der Waals surface area contributed by atoms with E-state index in [4.69, 9.17) is 9.84 Å². The number of nitrogens with one attached hydrogen (secondary N) is 1. The van der Waals surface area contributed by atoms with Crippen LogP contribution < -0.4 is 5.32 Å². The van der Waals surface area contributed by atoms with Crippen molar-refractivity contribution in [3.05, 3.63) is 35.9 Å². The van der Waals surface area contributed by atoms with Gasteiger partial charge in [-0.3, -0.25) is 9.59 Å². The third-order valence-corrected chi connectivity index (χ3v) is 2.50. The summed E-state index contributed by atoms with van der Waals surface area (Å²) in [6.07, 6.45) is 0.689. The first kappa shape index (κ1) is 15.2. The molecule has 2 N–H and O–H groups in total. The van der Waals surface area contributed by atoms with E-state index in [2.05, 4.69) is 5.32 Å². The van der Waals surface area contributed by atoms with Gasteiger partial charge in [-0.2, -0.15) is 0 Å². The van der Waals surface area contributed by atoms with E-state index in [1.54, 1.807) is 12.1 Å². The highest BCUT2D eigenvalue weighted by Gasteiger charge is 2.17. The van der Waals surface area contributed by atoms with Crippen LogP contribution in [0.2, 0.25) is 0 Å². The molecule has 0 aliphatic carbocycles. The summed E-state index contributed by atoms with van der Waals surface area (Å²) < 4.78 is 5.13. The van der Waals surface area contributed by atoms with Crippen LogP contribution in [0.4, 0.5) is 0 Å². The second-order valence-corrected chi connectivity index (χ2v) is 4.18. The van der Waals surface area contributed by atoms with Crippen LogP contribution in [0.25, 0.3) is 0 Å². The highest BCUT2D eigenvalue weighted by Crippen LogP contribution is 2.16. The zero-order valence-electron chi connectivity index (χ0n) is 11.0. The lowest BCUT2D eigenvalue weighted by Gasteiger charge is -2.17. The maximum atomic E-state index is 11.7. The summed E-state index contributed by atoms with van der Waals surface area (Å²) in [4.78, 5) is 22.5. The molecule has 1 atom stereocenters. The van der Waals surface area contributed by atoms with Gasteiger partial charge in [0.05, 0.1) is 12.5 Å². The number of carbonyl (C=O) groups is 2. The van der Waals surface area contributed by atoms with E-state index < -0.39 is 12.0 Å². The lowest BCUT2D eigenvalue weighted by molar-refractivity contribution is -0.138. The van der Waals surface area contributed by atoms with Crippen molar-refractivity contribution in [1.29, 1.82) is 0 Å². The molecule has 1 unspecified atom stereocenters. The van der Waals surface area contributed by atoms with Gasteiger partial charge in [-0.25, -0.2) is 0 Å². The highest BCUT2D eigenvalue weighted by molar-refractivity contribution is 5.78. The maximum absolute atomic E-state index is 11.7. The number of aliphatic carboxylic acids is 1. The lowest BCUT2D eigenvalue weighted by atomic mass is 10.0. The van der Waals surface area contributed by atoms with Crippen LogP contribution in [0.15, 0.2) is 30.3 Å². The molecule has 0 spiro atoms. The number of ether oxygens (including phenoxy) is 1. The predicted octanol–water partition coefficient (Wildman–Crippen LogP) is 1.75. The molecular formula is C14H19NO4. The van der Waals surface area contributed by atoms with Gasteiger partial charge in [-0.1, -0.05) is 37.3 Å². The topological polar surface area (TPSA) is 75.6 Å². The summed E-state index contributed by atoms with van der Waals surface area (Å²) in [7, 11) is 0. The van der Waals surface area contributed by atoms with Gasteiger partial charge in [0.25, 0.3) is 0 Å². The summed E-state index contributed by atoms with van der Waals surface area (Å²) in [5.74, 6) is -1.26. The number of carboxylic acid groups (broad SMARTS) is 1. The van der Waals surface area contributed by atoms with Crippen LogP contribution in [0.5, 0.6) is 0 Å². The summed E-state index contributed by atoms with van der Waals surface area (Å²) in [5.41, 5.74) is 0.772. The molecule has 19 heavy (non-hydrogen) atoms. The first-order valence-corrected chi connectivity index (χ1v) is 6.27. The molecule has 0 fully saturated rings. The molecule has 0 bridgehead atoms. The van der Waals surface area contributed by atoms with Gasteiger partial charge in [0.1, 0.15) is 6.61 Å². The fourth-order valence-corrected chi connectivity index (χ4v) is 1.66. The predicted molar refractivity (Wildman–Crippen MR) is 70.7 cm³/mol. The molecule has 0 saturated heterocycles. The lowest BCUT2D eigenvalue weighted by Crippen LogP contribution is -2.33. The Bertz CT molecular complexity index is 405. The zero-order chi connectivity index (χ0) is 14.1. The largest absolute Gasteiger partial charge is 0.481 e. The Kier molecular flexibility index (Phi) is 6.60. The van der Waals surface area contributed by atoms with E-state index in [0.717, 1.165) is 12.0 Å². The summed E-state index contributed by atoms with van der Waals surface area (Å²) in [6.45, 7) is 2.42. The van der Waals surface area contributed by atoms with Gasteiger partial charge in [-0.05, 0) is 12.0 Å². The second-order valence-electron chi connectivity index (χ2n) is 4.18. The Hall–Kier alpha value is -1.88. The number of amides is 1. The van der Waals surface area contributed by atoms with Gasteiger partial charge in [-0.15, -0.1) is 0 Å². The van der Waals surface area contributed by atoms with Crippen LogP contribution in [-0.2, 0) is 14.3 Å². The molecule has 0 radical (unpaired) electrons. The molecule has 104 valence electrons. The fraction of sp³-hybridized carbons (Fsp3) is 0.429. The minimum Gasteiger partial charge on any atom is -0.481 e. The zero-order valence-corrected chi connectivity index (χ0v) is 11.0. The monoisotopic (exact) mass is 265 g/mol. The summed E-state index contributed by atoms with van der Waals surface area (Å²) in [6, 6.07) is 8.51. The summed E-state index contributed by atoms with van der Waals surface area (Å²) >= 11 is 0. The third-order valence-electron chi connectivity index (χ3n) is 2.50. The minimum absolute atomic E-state index is 0.0448. The average molecular weight is 265 g/mol. The SMILES string of the molecule is CCCOCC(=O)NC(CC(=O)O)c1ccccc1. The number of benzene rings is 1. The van der Waals surface area contributed by atoms with Crippen molar-refractivity contribution < 1.29 is 19.4 Å². The molecule has 1 amide bonds. The number of carbonyl (C=O) groups excluding carboxylic acids is 1. The Morgan fingerprint density at radius 2 is 2.00 bits per heavy atom. The van der Waals surface area contributed by atoms with E-state index >= 15 is 0 Å². The molecule has 0 aliphatic heterocycles. The van der Waals surface area contributed by atoms with Crippen molar-refractivity contribution in [2.24, 2.45) is 0 Å². The van der Waals surface area contributed by atoms with Crippen LogP contribution in [-0.4, -0.2) is 30.2 Å². The van der Waals surface area contributed by atoms with E-state index in [1.807, 2.05) is 25.1 Å². The Balaban J connectivity index is 2.60. The summed E-state index contributed by atoms with van der Waals surface area (Å²) in [5, 5.41) is 11.6. The number of rotatable bonds is 8. The molecule has 5 nitrogen and oxygen atoms in total. The van der Waals surface area contributed by atoms with Crippen LogP contribution >= 0.6 is 0 Å². The van der Waals surface area contributed by atoms with Gasteiger partial charge in [0, 0.05) is 6.61 Å². The van der Waals surface area contributed by atoms with E-state index in [1.165, 1.54) is 0 Å². The molecule has 0 aromatic heterocycles. The van der Waals surface area contributed by atoms with Crippen molar-refractivity contribution in [2.75, 3.05) is 13.2 Å². The van der Waals surface area contributed by atoms with Crippen molar-refractivity contribution >= 4 is 11.9 Å². The highest BCUT2D eigenvalue weighted by atomic mass is 16.5. The molecule has 0 saturated carbocycles. The molecule has 1 rings (SSSR count). The Morgan fingerprint density at radius 1 is 1.32 bits per heavy atom. The van der Waals surface area contributed by atoms with Crippen LogP contribution in [0.3, 0.4) is 0 Å². The minimum atomic E-state index is -0.955. The maximum Gasteiger partial charge on any atom is 0.305 e. The van der Waals surface area contributed by atoms with Crippen molar-refractivity contribution in [3.63, 3.8) is 0 Å². The third kappa shape index (κ3) is 6.01. The Labute approximate surface area is 112 Å². The van der Waals surface area contributed by atoms with Crippen molar-refractivity contribution in [3.8, 4) is 0 Å². The van der Waals surface area contributed by atoms with E-state index in [0.29, 0.717) is 6.61 Å². The standard InChI is InChI=1S/C14H19NO4/c1-2-8-19-10-13(16)15-12(9-14(17)18)11-6-4-3-5-7-11/h3-7,12H,2,8-10H2,1H3,(H,15,16)(H,17,18). The van der Waals surface area contributed by atoms with Crippen LogP contribution in [0.1, 0.15) is 31.4 Å². The smallest absolute Gasteiger partial charge is 0.305 e. The first-order valence-electron chi connectivity index (χ1n) is 6.27. The number of hydrogen-bond acceptors (Lipinski definition) is 3. The molecule has 1 aromatic rings. The first-order chi connectivity index (χ1) is 9.13. The van der Waals surface area contributed by atoms with E-state index in [-0.39, 0.29) is 18.9 Å². The molecule has 0 heterocycles. The number of carboxylic acids is 1. The van der Waals surface area contributed by atoms with Gasteiger partial charge < -0.3 is 15.2 Å².